The van der Waals surface area contributed by atoms with Gasteiger partial charge in [-0.3, -0.25) is 4.55 Å². The molecular formula is C10H8O4S. The van der Waals surface area contributed by atoms with Crippen LogP contribution in [0.5, 0.6) is 5.75 Å². The van der Waals surface area contributed by atoms with E-state index in [0.29, 0.717) is 10.8 Å². The van der Waals surface area contributed by atoms with Gasteiger partial charge in [0.15, 0.2) is 0 Å². The lowest BCUT2D eigenvalue weighted by atomic mass is 10.1. The lowest BCUT2D eigenvalue weighted by molar-refractivity contribution is 0.479. The average Bonchev–Trinajstić information content (AvgIpc) is 2.17. The first-order valence-corrected chi connectivity index (χ1v) is 5.62. The molecule has 0 atom stereocenters. The molecule has 2 aromatic rings. The van der Waals surface area contributed by atoms with Crippen LogP contribution >= 0.6 is 0 Å². The van der Waals surface area contributed by atoms with E-state index in [1.807, 2.05) is 0 Å². The van der Waals surface area contributed by atoms with Gasteiger partial charge in [0.2, 0.25) is 0 Å². The van der Waals surface area contributed by atoms with Crippen molar-refractivity contribution >= 4 is 20.9 Å². The summed E-state index contributed by atoms with van der Waals surface area (Å²) in [5.41, 5.74) is 0. The number of phenolic OH excluding ortho intramolecular Hbond substituents is 1. The second-order valence-corrected chi connectivity index (χ2v) is 4.49. The Morgan fingerprint density at radius 2 is 1.53 bits per heavy atom. The van der Waals surface area contributed by atoms with Crippen LogP contribution in [0.15, 0.2) is 41.3 Å². The van der Waals surface area contributed by atoms with Gasteiger partial charge in [-0.05, 0) is 12.1 Å². The van der Waals surface area contributed by atoms with Crippen molar-refractivity contribution in [3.05, 3.63) is 36.4 Å². The van der Waals surface area contributed by atoms with Crippen LogP contribution in [0.3, 0.4) is 0 Å². The summed E-state index contributed by atoms with van der Waals surface area (Å²) in [5.74, 6) is -0.0157. The maximum atomic E-state index is 11.0. The molecule has 0 amide bonds. The first-order valence-electron chi connectivity index (χ1n) is 4.18. The standard InChI is InChI=1S/C10H8O4S/c11-9-5-6-10(15(12,13)14)8-4-2-1-3-7(8)9/h1-6,11H,(H,12,13,14). The number of hydrogen-bond donors (Lipinski definition) is 2. The highest BCUT2D eigenvalue weighted by atomic mass is 32.2. The summed E-state index contributed by atoms with van der Waals surface area (Å²) in [6.45, 7) is 0. The molecule has 2 N–H and O–H groups in total. The van der Waals surface area contributed by atoms with Gasteiger partial charge in [0.05, 0.1) is 0 Å². The van der Waals surface area contributed by atoms with Gasteiger partial charge < -0.3 is 5.11 Å². The zero-order chi connectivity index (χ0) is 11.1. The van der Waals surface area contributed by atoms with Crippen molar-refractivity contribution in [3.8, 4) is 5.75 Å². The largest absolute Gasteiger partial charge is 0.507 e. The normalized spacial score (nSPS) is 11.8. The van der Waals surface area contributed by atoms with Crippen LogP contribution < -0.4 is 0 Å². The summed E-state index contributed by atoms with van der Waals surface area (Å²) in [5, 5.41) is 10.2. The fraction of sp³-hybridized carbons (Fsp3) is 0. The summed E-state index contributed by atoms with van der Waals surface area (Å²) >= 11 is 0. The predicted octanol–water partition coefficient (Wildman–Crippen LogP) is 1.79. The third kappa shape index (κ3) is 1.67. The minimum atomic E-state index is -4.26. The highest BCUT2D eigenvalue weighted by Crippen LogP contribution is 2.29. The molecule has 0 saturated heterocycles. The van der Waals surface area contributed by atoms with Crippen LogP contribution in [0.1, 0.15) is 0 Å². The fourth-order valence-corrected chi connectivity index (χ4v) is 2.18. The van der Waals surface area contributed by atoms with Crippen LogP contribution in [0.4, 0.5) is 0 Å². The van der Waals surface area contributed by atoms with Gasteiger partial charge in [0.1, 0.15) is 10.6 Å². The molecule has 0 radical (unpaired) electrons. The zero-order valence-electron chi connectivity index (χ0n) is 7.58. The van der Waals surface area contributed by atoms with Crippen molar-refractivity contribution in [2.45, 2.75) is 4.90 Å². The topological polar surface area (TPSA) is 74.6 Å². The van der Waals surface area contributed by atoms with Gasteiger partial charge in [-0.15, -0.1) is 0 Å². The van der Waals surface area contributed by atoms with E-state index < -0.39 is 10.1 Å². The second kappa shape index (κ2) is 3.22. The highest BCUT2D eigenvalue weighted by Gasteiger charge is 2.14. The molecular weight excluding hydrogens is 216 g/mol. The molecule has 0 heterocycles. The summed E-state index contributed by atoms with van der Waals surface area (Å²) in [6, 6.07) is 8.84. The molecule has 0 saturated carbocycles. The van der Waals surface area contributed by atoms with Crippen molar-refractivity contribution in [2.75, 3.05) is 0 Å². The average molecular weight is 224 g/mol. The summed E-state index contributed by atoms with van der Waals surface area (Å²) in [6.07, 6.45) is 0. The van der Waals surface area contributed by atoms with Crippen LogP contribution in [0, 0.1) is 0 Å². The number of hydrogen-bond acceptors (Lipinski definition) is 3. The van der Waals surface area contributed by atoms with Gasteiger partial charge in [-0.25, -0.2) is 0 Å². The fourth-order valence-electron chi connectivity index (χ4n) is 1.48. The highest BCUT2D eigenvalue weighted by molar-refractivity contribution is 7.86. The Labute approximate surface area is 86.5 Å². The van der Waals surface area contributed by atoms with Crippen LogP contribution in [-0.2, 0) is 10.1 Å². The number of fused-ring (bicyclic) bond motifs is 1. The molecule has 0 spiro atoms. The molecule has 0 aliphatic heterocycles. The summed E-state index contributed by atoms with van der Waals surface area (Å²) in [4.78, 5) is -0.198. The predicted molar refractivity (Wildman–Crippen MR) is 55.4 cm³/mol. The lowest BCUT2D eigenvalue weighted by Crippen LogP contribution is -1.98. The van der Waals surface area contributed by atoms with Crippen molar-refractivity contribution in [3.63, 3.8) is 0 Å². The van der Waals surface area contributed by atoms with Crippen LogP contribution in [0.25, 0.3) is 10.8 Å². The molecule has 0 fully saturated rings. The Kier molecular flexibility index (Phi) is 2.13. The summed E-state index contributed by atoms with van der Waals surface area (Å²) in [7, 11) is -4.26. The van der Waals surface area contributed by atoms with Crippen molar-refractivity contribution in [2.24, 2.45) is 0 Å². The molecule has 0 aromatic heterocycles. The molecule has 15 heavy (non-hydrogen) atoms. The van der Waals surface area contributed by atoms with E-state index in [1.54, 1.807) is 18.2 Å². The Morgan fingerprint density at radius 3 is 2.13 bits per heavy atom. The molecule has 2 aromatic carbocycles. The Bertz CT molecular complexity index is 616. The minimum Gasteiger partial charge on any atom is -0.507 e. The van der Waals surface area contributed by atoms with Gasteiger partial charge >= 0.3 is 0 Å². The van der Waals surface area contributed by atoms with E-state index >= 15 is 0 Å². The molecule has 0 aliphatic rings. The van der Waals surface area contributed by atoms with E-state index in [-0.39, 0.29) is 10.6 Å². The molecule has 2 rings (SSSR count). The van der Waals surface area contributed by atoms with Crippen molar-refractivity contribution in [1.82, 2.24) is 0 Å². The SMILES string of the molecule is O=S(=O)(O)c1ccc(O)c2ccccc12. The first kappa shape index (κ1) is 9.95. The molecule has 0 bridgehead atoms. The molecule has 4 nitrogen and oxygen atoms in total. The Balaban J connectivity index is 2.96. The van der Waals surface area contributed by atoms with Crippen molar-refractivity contribution in [1.29, 1.82) is 0 Å². The third-order valence-electron chi connectivity index (χ3n) is 2.14. The monoisotopic (exact) mass is 224 g/mol. The van der Waals surface area contributed by atoms with Gasteiger partial charge in [-0.1, -0.05) is 24.3 Å². The van der Waals surface area contributed by atoms with E-state index in [1.165, 1.54) is 18.2 Å². The number of rotatable bonds is 1. The zero-order valence-corrected chi connectivity index (χ0v) is 8.40. The smallest absolute Gasteiger partial charge is 0.295 e. The van der Waals surface area contributed by atoms with Crippen LogP contribution in [-0.4, -0.2) is 18.1 Å². The summed E-state index contributed by atoms with van der Waals surface area (Å²) < 4.78 is 31.0. The number of phenols is 1. The van der Waals surface area contributed by atoms with Gasteiger partial charge in [0, 0.05) is 10.8 Å². The quantitative estimate of drug-likeness (QED) is 0.724. The molecule has 0 unspecified atom stereocenters. The second-order valence-electron chi connectivity index (χ2n) is 3.10. The number of aromatic hydroxyl groups is 1. The maximum Gasteiger partial charge on any atom is 0.295 e. The maximum absolute atomic E-state index is 11.0. The minimum absolute atomic E-state index is 0.0157. The third-order valence-corrected chi connectivity index (χ3v) is 3.05. The Hall–Kier alpha value is -1.59. The van der Waals surface area contributed by atoms with E-state index in [4.69, 9.17) is 4.55 Å². The van der Waals surface area contributed by atoms with E-state index in [9.17, 15) is 13.5 Å². The van der Waals surface area contributed by atoms with Crippen molar-refractivity contribution < 1.29 is 18.1 Å². The molecule has 5 heteroatoms. The first-order chi connectivity index (χ1) is 7.00. The van der Waals surface area contributed by atoms with Gasteiger partial charge in [-0.2, -0.15) is 8.42 Å². The van der Waals surface area contributed by atoms with E-state index in [0.717, 1.165) is 0 Å². The van der Waals surface area contributed by atoms with Crippen LogP contribution in [0.2, 0.25) is 0 Å². The lowest BCUT2D eigenvalue weighted by Gasteiger charge is -2.04. The van der Waals surface area contributed by atoms with Gasteiger partial charge in [0.25, 0.3) is 10.1 Å². The van der Waals surface area contributed by atoms with E-state index in [2.05, 4.69) is 0 Å². The number of benzene rings is 2. The molecule has 0 aliphatic carbocycles. The molecule has 78 valence electrons. The Morgan fingerprint density at radius 1 is 0.933 bits per heavy atom.